The Labute approximate surface area is 152 Å². The van der Waals surface area contributed by atoms with Crippen LogP contribution in [0.1, 0.15) is 34.1 Å². The number of aliphatic hydroxyl groups excluding tert-OH is 1. The summed E-state index contributed by atoms with van der Waals surface area (Å²) in [6.07, 6.45) is -0.296. The maximum Gasteiger partial charge on any atom is 0.334 e. The topological polar surface area (TPSA) is 85.4 Å². The molecule has 4 rings (SSSR count). The number of hydrogen-bond acceptors (Lipinski definition) is 6. The Hall–Kier alpha value is -1.92. The van der Waals surface area contributed by atoms with Crippen LogP contribution in [0.5, 0.6) is 0 Å². The number of esters is 2. The van der Waals surface area contributed by atoms with E-state index in [1.807, 2.05) is 13.8 Å². The summed E-state index contributed by atoms with van der Waals surface area (Å²) < 4.78 is 17.1. The van der Waals surface area contributed by atoms with E-state index in [1.54, 1.807) is 13.8 Å². The van der Waals surface area contributed by atoms with Gasteiger partial charge in [-0.05, 0) is 39.7 Å². The van der Waals surface area contributed by atoms with Gasteiger partial charge in [-0.3, -0.25) is 0 Å². The van der Waals surface area contributed by atoms with Crippen molar-refractivity contribution >= 4 is 11.9 Å². The number of carbonyl (C=O) groups is 2. The summed E-state index contributed by atoms with van der Waals surface area (Å²) in [6, 6.07) is 0. The Morgan fingerprint density at radius 1 is 1.42 bits per heavy atom. The highest BCUT2D eigenvalue weighted by Gasteiger charge is 2.70. The summed E-state index contributed by atoms with van der Waals surface area (Å²) in [6.45, 7) is 11.3. The number of hydrogen-bond donors (Lipinski definition) is 1. The summed E-state index contributed by atoms with van der Waals surface area (Å²) in [5.74, 6) is -1.78. The zero-order valence-electron chi connectivity index (χ0n) is 15.4. The smallest absolute Gasteiger partial charge is 0.334 e. The molecule has 0 aromatic heterocycles. The lowest BCUT2D eigenvalue weighted by molar-refractivity contribution is -0.150. The highest BCUT2D eigenvalue weighted by atomic mass is 16.6. The fraction of sp³-hybridized carbons (Fsp3) is 0.600. The van der Waals surface area contributed by atoms with Crippen LogP contribution in [-0.2, 0) is 23.8 Å². The molecule has 2 heterocycles. The van der Waals surface area contributed by atoms with E-state index >= 15 is 0 Å². The third-order valence-electron chi connectivity index (χ3n) is 6.23. The molecule has 0 radical (unpaired) electrons. The van der Waals surface area contributed by atoms with E-state index in [1.165, 1.54) is 6.08 Å². The highest BCUT2D eigenvalue weighted by Crippen LogP contribution is 2.62. The maximum absolute atomic E-state index is 12.2. The van der Waals surface area contributed by atoms with E-state index in [4.69, 9.17) is 14.2 Å². The molecule has 0 unspecified atom stereocenters. The van der Waals surface area contributed by atoms with Crippen molar-refractivity contribution in [2.45, 2.75) is 64.1 Å². The van der Waals surface area contributed by atoms with Gasteiger partial charge in [0.05, 0.1) is 12.0 Å². The van der Waals surface area contributed by atoms with Crippen LogP contribution >= 0.6 is 0 Å². The van der Waals surface area contributed by atoms with Gasteiger partial charge in [0, 0.05) is 17.6 Å². The van der Waals surface area contributed by atoms with Crippen molar-refractivity contribution in [3.8, 4) is 0 Å². The monoisotopic (exact) mass is 360 g/mol. The van der Waals surface area contributed by atoms with Gasteiger partial charge in [-0.15, -0.1) is 0 Å². The van der Waals surface area contributed by atoms with Crippen LogP contribution in [0.3, 0.4) is 0 Å². The van der Waals surface area contributed by atoms with Crippen molar-refractivity contribution in [1.82, 2.24) is 0 Å². The van der Waals surface area contributed by atoms with Gasteiger partial charge in [-0.25, -0.2) is 9.59 Å². The molecule has 2 saturated heterocycles. The normalized spacial score (nSPS) is 43.1. The van der Waals surface area contributed by atoms with Crippen molar-refractivity contribution in [2.24, 2.45) is 11.8 Å². The molecule has 1 saturated carbocycles. The van der Waals surface area contributed by atoms with Crippen molar-refractivity contribution < 1.29 is 28.9 Å². The number of epoxide rings is 1. The average Bonchev–Trinajstić information content (AvgIpc) is 2.99. The van der Waals surface area contributed by atoms with Gasteiger partial charge in [0.15, 0.2) is 0 Å². The first kappa shape index (κ1) is 17.5. The summed E-state index contributed by atoms with van der Waals surface area (Å²) in [5, 5.41) is 11.0. The number of aliphatic hydroxyl groups is 1. The standard InChI is InChI=1S/C20H24O6/c1-8(2)6-13(21)24-17-9(3)11-7-12-20(5,26-12)15(11)18-14(16(17)22)10(4)19(23)25-18/h6,12,14-18,22H,4,7H2,1-3,5H3/t12-,14-,15+,16-,17-,18+,20-/m1/s1. The lowest BCUT2D eigenvalue weighted by Gasteiger charge is -2.29. The molecule has 7 atom stereocenters. The highest BCUT2D eigenvalue weighted by molar-refractivity contribution is 5.91. The number of allylic oxidation sites excluding steroid dienone is 1. The van der Waals surface area contributed by atoms with Crippen molar-refractivity contribution in [1.29, 1.82) is 0 Å². The Morgan fingerprint density at radius 2 is 2.12 bits per heavy atom. The number of fused-ring (bicyclic) bond motifs is 5. The van der Waals surface area contributed by atoms with Gasteiger partial charge in [-0.2, -0.15) is 0 Å². The molecule has 140 valence electrons. The molecule has 6 nitrogen and oxygen atoms in total. The van der Waals surface area contributed by atoms with Crippen LogP contribution in [0.2, 0.25) is 0 Å². The number of ether oxygens (including phenoxy) is 3. The van der Waals surface area contributed by atoms with E-state index in [-0.39, 0.29) is 17.6 Å². The SMILES string of the molecule is C=C1C(=O)O[C@H]2[C@H]1[C@@H](O)[C@H](OC(=O)C=C(C)C)C(C)=C1C[C@H]3O[C@@]3(C)[C@@H]12. The fourth-order valence-electron chi connectivity index (χ4n) is 4.86. The predicted molar refractivity (Wildman–Crippen MR) is 91.9 cm³/mol. The Balaban J connectivity index is 1.77. The van der Waals surface area contributed by atoms with Gasteiger partial charge in [0.2, 0.25) is 0 Å². The maximum atomic E-state index is 12.2. The minimum Gasteiger partial charge on any atom is -0.457 e. The molecule has 2 aliphatic heterocycles. The second-order valence-corrected chi connectivity index (χ2v) is 8.17. The molecule has 2 aliphatic carbocycles. The van der Waals surface area contributed by atoms with Crippen LogP contribution in [0.15, 0.2) is 34.9 Å². The molecule has 0 aromatic carbocycles. The van der Waals surface area contributed by atoms with Crippen LogP contribution in [0.25, 0.3) is 0 Å². The van der Waals surface area contributed by atoms with Crippen molar-refractivity contribution in [2.75, 3.05) is 0 Å². The molecule has 0 aromatic rings. The molecule has 26 heavy (non-hydrogen) atoms. The van der Waals surface area contributed by atoms with Gasteiger partial charge >= 0.3 is 11.9 Å². The van der Waals surface area contributed by atoms with Crippen LogP contribution in [-0.4, -0.2) is 47.1 Å². The van der Waals surface area contributed by atoms with E-state index in [9.17, 15) is 14.7 Å². The van der Waals surface area contributed by atoms with Gasteiger partial charge in [0.25, 0.3) is 0 Å². The summed E-state index contributed by atoms with van der Waals surface area (Å²) in [5.41, 5.74) is 2.53. The third kappa shape index (κ3) is 2.32. The van der Waals surface area contributed by atoms with E-state index in [0.717, 1.165) is 16.7 Å². The molecule has 3 fully saturated rings. The Kier molecular flexibility index (Phi) is 3.72. The van der Waals surface area contributed by atoms with Crippen LogP contribution in [0.4, 0.5) is 0 Å². The summed E-state index contributed by atoms with van der Waals surface area (Å²) >= 11 is 0. The molecular formula is C20H24O6. The average molecular weight is 360 g/mol. The molecule has 0 bridgehead atoms. The number of rotatable bonds is 2. The first-order chi connectivity index (χ1) is 12.1. The Morgan fingerprint density at radius 3 is 2.77 bits per heavy atom. The van der Waals surface area contributed by atoms with Crippen molar-refractivity contribution in [3.05, 3.63) is 34.9 Å². The van der Waals surface area contributed by atoms with E-state index in [2.05, 4.69) is 6.58 Å². The van der Waals surface area contributed by atoms with Crippen molar-refractivity contribution in [3.63, 3.8) is 0 Å². The summed E-state index contributed by atoms with van der Waals surface area (Å²) in [7, 11) is 0. The summed E-state index contributed by atoms with van der Waals surface area (Å²) in [4.78, 5) is 24.4. The third-order valence-corrected chi connectivity index (χ3v) is 6.23. The zero-order chi connectivity index (χ0) is 19.0. The lowest BCUT2D eigenvalue weighted by atomic mass is 9.80. The minimum atomic E-state index is -1.09. The molecule has 4 aliphatic rings. The molecular weight excluding hydrogens is 336 g/mol. The molecule has 0 spiro atoms. The van der Waals surface area contributed by atoms with Crippen LogP contribution in [0, 0.1) is 11.8 Å². The number of carbonyl (C=O) groups excluding carboxylic acids is 2. The molecule has 6 heteroatoms. The van der Waals surface area contributed by atoms with E-state index < -0.39 is 41.8 Å². The first-order valence-corrected chi connectivity index (χ1v) is 8.96. The predicted octanol–water partition coefficient (Wildman–Crippen LogP) is 1.83. The van der Waals surface area contributed by atoms with Gasteiger partial charge in [-0.1, -0.05) is 17.7 Å². The zero-order valence-corrected chi connectivity index (χ0v) is 15.4. The van der Waals surface area contributed by atoms with Crippen LogP contribution < -0.4 is 0 Å². The molecule has 1 N–H and O–H groups in total. The molecule has 0 amide bonds. The minimum absolute atomic E-state index is 0.0787. The largest absolute Gasteiger partial charge is 0.457 e. The first-order valence-electron chi connectivity index (χ1n) is 8.96. The lowest BCUT2D eigenvalue weighted by Crippen LogP contribution is -2.42. The fourth-order valence-corrected chi connectivity index (χ4v) is 4.86. The van der Waals surface area contributed by atoms with Gasteiger partial charge in [0.1, 0.15) is 23.9 Å². The Bertz CT molecular complexity index is 773. The van der Waals surface area contributed by atoms with E-state index in [0.29, 0.717) is 6.42 Å². The second kappa shape index (κ2) is 5.54. The van der Waals surface area contributed by atoms with Gasteiger partial charge < -0.3 is 19.3 Å². The quantitative estimate of drug-likeness (QED) is 0.350. The second-order valence-electron chi connectivity index (χ2n) is 8.17.